The van der Waals surface area contributed by atoms with Crippen LogP contribution in [0.5, 0.6) is 0 Å². The van der Waals surface area contributed by atoms with Crippen LogP contribution in [-0.2, 0) is 0 Å². The summed E-state index contributed by atoms with van der Waals surface area (Å²) in [4.78, 5) is 0. The van der Waals surface area contributed by atoms with E-state index in [0.717, 1.165) is 23.7 Å². The lowest BCUT2D eigenvalue weighted by Crippen LogP contribution is -2.65. The number of hydrogen-bond donors (Lipinski definition) is 0. The third kappa shape index (κ3) is 2.17. The van der Waals surface area contributed by atoms with Crippen molar-refractivity contribution in [3.8, 4) is 0 Å². The fraction of sp³-hybridized carbons (Fsp3) is 1.00. The van der Waals surface area contributed by atoms with E-state index in [1.165, 1.54) is 64.2 Å². The zero-order valence-corrected chi connectivity index (χ0v) is 19.3. The highest BCUT2D eigenvalue weighted by molar-refractivity contribution is 5.18. The normalized spacial score (nSPS) is 59.3. The zero-order chi connectivity index (χ0) is 19.3. The Morgan fingerprint density at radius 3 is 1.78 bits per heavy atom. The molecule has 0 aromatic heterocycles. The fourth-order valence-corrected chi connectivity index (χ4v) is 11.2. The Balaban J connectivity index is 1.56. The summed E-state index contributed by atoms with van der Waals surface area (Å²) >= 11 is 0. The predicted octanol–water partition coefficient (Wildman–Crippen LogP) is 8.25. The molecule has 27 heavy (non-hydrogen) atoms. The van der Waals surface area contributed by atoms with Crippen LogP contribution in [0.4, 0.5) is 0 Å². The highest BCUT2D eigenvalue weighted by Crippen LogP contribution is 2.77. The summed E-state index contributed by atoms with van der Waals surface area (Å²) in [5.41, 5.74) is 3.04. The molecular formula is C27H46. The SMILES string of the molecule is CC1(C)CCCC2(C)C1CCC1(C)C2CCC2C1(C)CCC1CCC[C@@]12C. The second-order valence-electron chi connectivity index (χ2n) is 13.6. The van der Waals surface area contributed by atoms with E-state index in [9.17, 15) is 0 Å². The number of hydrogen-bond acceptors (Lipinski definition) is 0. The third-order valence-corrected chi connectivity index (χ3v) is 12.6. The molecule has 5 aliphatic carbocycles. The first kappa shape index (κ1) is 19.0. The van der Waals surface area contributed by atoms with Crippen LogP contribution >= 0.6 is 0 Å². The molecule has 0 nitrogen and oxygen atoms in total. The smallest absolute Gasteiger partial charge is 0.0235 e. The molecule has 0 amide bonds. The van der Waals surface area contributed by atoms with Crippen molar-refractivity contribution in [3.05, 3.63) is 0 Å². The summed E-state index contributed by atoms with van der Waals surface area (Å²) in [6.07, 6.45) is 18.3. The molecule has 0 saturated heterocycles. The summed E-state index contributed by atoms with van der Waals surface area (Å²) in [5, 5.41) is 0. The van der Waals surface area contributed by atoms with Crippen molar-refractivity contribution in [3.63, 3.8) is 0 Å². The highest BCUT2D eigenvalue weighted by Gasteiger charge is 2.69. The summed E-state index contributed by atoms with van der Waals surface area (Å²) in [6.45, 7) is 16.3. The van der Waals surface area contributed by atoms with Gasteiger partial charge in [-0.15, -0.1) is 0 Å². The maximum Gasteiger partial charge on any atom is -0.0235 e. The van der Waals surface area contributed by atoms with Crippen molar-refractivity contribution < 1.29 is 0 Å². The van der Waals surface area contributed by atoms with Crippen LogP contribution in [0.2, 0.25) is 0 Å². The van der Waals surface area contributed by atoms with Gasteiger partial charge in [0.05, 0.1) is 0 Å². The van der Waals surface area contributed by atoms with Gasteiger partial charge in [-0.2, -0.15) is 0 Å². The van der Waals surface area contributed by atoms with Crippen LogP contribution < -0.4 is 0 Å². The van der Waals surface area contributed by atoms with Gasteiger partial charge >= 0.3 is 0 Å². The molecule has 0 aromatic carbocycles. The van der Waals surface area contributed by atoms with E-state index >= 15 is 0 Å². The summed E-state index contributed by atoms with van der Waals surface area (Å²) in [5.74, 6) is 4.00. The minimum absolute atomic E-state index is 0.571. The van der Waals surface area contributed by atoms with Gasteiger partial charge in [-0.05, 0) is 115 Å². The van der Waals surface area contributed by atoms with Gasteiger partial charge in [0, 0.05) is 0 Å². The van der Waals surface area contributed by atoms with Crippen molar-refractivity contribution >= 4 is 0 Å². The molecule has 0 bridgehead atoms. The Hall–Kier alpha value is 0. The minimum atomic E-state index is 0.571. The Morgan fingerprint density at radius 1 is 0.481 bits per heavy atom. The quantitative estimate of drug-likeness (QED) is 0.402. The zero-order valence-electron chi connectivity index (χ0n) is 19.3. The molecule has 0 heteroatoms. The molecule has 0 aromatic rings. The van der Waals surface area contributed by atoms with Gasteiger partial charge in [0.2, 0.25) is 0 Å². The van der Waals surface area contributed by atoms with Crippen LogP contribution in [0.25, 0.3) is 0 Å². The molecule has 8 atom stereocenters. The van der Waals surface area contributed by atoms with Gasteiger partial charge in [0.15, 0.2) is 0 Å². The molecule has 5 saturated carbocycles. The molecular weight excluding hydrogens is 324 g/mol. The average Bonchev–Trinajstić information content (AvgIpc) is 2.96. The van der Waals surface area contributed by atoms with Crippen molar-refractivity contribution in [1.29, 1.82) is 0 Å². The van der Waals surface area contributed by atoms with Crippen LogP contribution in [0.3, 0.4) is 0 Å². The van der Waals surface area contributed by atoms with Gasteiger partial charge in [-0.3, -0.25) is 0 Å². The maximum atomic E-state index is 2.80. The lowest BCUT2D eigenvalue weighted by molar-refractivity contribution is -0.239. The Labute approximate surface area is 169 Å². The molecule has 0 spiro atoms. The average molecular weight is 371 g/mol. The lowest BCUT2D eigenvalue weighted by atomic mass is 9.32. The van der Waals surface area contributed by atoms with Gasteiger partial charge in [-0.25, -0.2) is 0 Å². The molecule has 0 N–H and O–H groups in total. The van der Waals surface area contributed by atoms with Crippen LogP contribution in [0, 0.1) is 50.7 Å². The summed E-state index contributed by atoms with van der Waals surface area (Å²) < 4.78 is 0. The first-order chi connectivity index (χ1) is 12.6. The van der Waals surface area contributed by atoms with E-state index < -0.39 is 0 Å². The van der Waals surface area contributed by atoms with E-state index in [0.29, 0.717) is 27.1 Å². The molecule has 5 rings (SSSR count). The molecule has 5 aliphatic rings. The van der Waals surface area contributed by atoms with Crippen molar-refractivity contribution in [2.75, 3.05) is 0 Å². The van der Waals surface area contributed by atoms with Crippen LogP contribution in [0.1, 0.15) is 119 Å². The van der Waals surface area contributed by atoms with E-state index in [2.05, 4.69) is 41.5 Å². The van der Waals surface area contributed by atoms with Crippen LogP contribution in [0.15, 0.2) is 0 Å². The highest BCUT2D eigenvalue weighted by atomic mass is 14.7. The van der Waals surface area contributed by atoms with E-state index in [4.69, 9.17) is 0 Å². The third-order valence-electron chi connectivity index (χ3n) is 12.6. The topological polar surface area (TPSA) is 0 Å². The Kier molecular flexibility index (Phi) is 3.92. The van der Waals surface area contributed by atoms with Gasteiger partial charge in [0.1, 0.15) is 0 Å². The molecule has 0 radical (unpaired) electrons. The second-order valence-corrected chi connectivity index (χ2v) is 13.6. The first-order valence-electron chi connectivity index (χ1n) is 12.6. The summed E-state index contributed by atoms with van der Waals surface area (Å²) in [7, 11) is 0. The molecule has 0 heterocycles. The molecule has 0 aliphatic heterocycles. The lowest BCUT2D eigenvalue weighted by Gasteiger charge is -2.73. The molecule has 7 unspecified atom stereocenters. The van der Waals surface area contributed by atoms with E-state index in [1.54, 1.807) is 12.8 Å². The predicted molar refractivity (Wildman–Crippen MR) is 116 cm³/mol. The monoisotopic (exact) mass is 370 g/mol. The van der Waals surface area contributed by atoms with Crippen molar-refractivity contribution in [2.45, 2.75) is 119 Å². The largest absolute Gasteiger partial charge is 0.0596 e. The second kappa shape index (κ2) is 5.57. The number of rotatable bonds is 0. The van der Waals surface area contributed by atoms with Crippen molar-refractivity contribution in [2.24, 2.45) is 50.7 Å². The maximum absolute atomic E-state index is 2.80. The Bertz CT molecular complexity index is 618. The van der Waals surface area contributed by atoms with Crippen molar-refractivity contribution in [1.82, 2.24) is 0 Å². The number of fused-ring (bicyclic) bond motifs is 7. The Morgan fingerprint density at radius 2 is 1.07 bits per heavy atom. The standard InChI is InChI=1S/C27H46/c1-23(2)14-8-16-25(4)20(23)13-18-27(6)22(25)11-10-21-24(3)15-7-9-19(24)12-17-26(21,27)5/h19-22H,7-18H2,1-6H3/t19?,20?,21?,22?,24-,25?,26?,27?/m0/s1. The van der Waals surface area contributed by atoms with E-state index in [1.807, 2.05) is 0 Å². The molecule has 5 fully saturated rings. The fourth-order valence-electron chi connectivity index (χ4n) is 11.2. The summed E-state index contributed by atoms with van der Waals surface area (Å²) in [6, 6.07) is 0. The minimum Gasteiger partial charge on any atom is -0.0596 e. The van der Waals surface area contributed by atoms with Gasteiger partial charge in [0.25, 0.3) is 0 Å². The van der Waals surface area contributed by atoms with E-state index in [-0.39, 0.29) is 0 Å². The molecule has 154 valence electrons. The van der Waals surface area contributed by atoms with Crippen LogP contribution in [-0.4, -0.2) is 0 Å². The first-order valence-corrected chi connectivity index (χ1v) is 12.6. The van der Waals surface area contributed by atoms with Gasteiger partial charge < -0.3 is 0 Å². The van der Waals surface area contributed by atoms with Gasteiger partial charge in [-0.1, -0.05) is 54.4 Å².